The number of aliphatic hydroxyl groups excluding tert-OH is 1. The second-order valence-corrected chi connectivity index (χ2v) is 6.85. The van der Waals surface area contributed by atoms with Crippen LogP contribution in [0.1, 0.15) is 43.9 Å². The first-order chi connectivity index (χ1) is 11.2. The molecular weight excluding hydrogens is 294 g/mol. The van der Waals surface area contributed by atoms with Crippen LogP contribution in [-0.2, 0) is 0 Å². The van der Waals surface area contributed by atoms with E-state index in [1.54, 1.807) is 6.26 Å². The molecule has 1 unspecified atom stereocenters. The van der Waals surface area contributed by atoms with Crippen molar-refractivity contribution in [2.24, 2.45) is 5.41 Å². The average molecular weight is 321 g/mol. The number of nitrogens with one attached hydrogen (secondary N) is 2. The van der Waals surface area contributed by atoms with E-state index in [0.29, 0.717) is 13.1 Å². The second kappa shape index (κ2) is 7.36. The summed E-state index contributed by atoms with van der Waals surface area (Å²) in [6.07, 6.45) is 7.34. The Morgan fingerprint density at radius 2 is 2.09 bits per heavy atom. The van der Waals surface area contributed by atoms with E-state index in [0.717, 1.165) is 31.7 Å². The molecule has 1 atom stereocenters. The van der Waals surface area contributed by atoms with Gasteiger partial charge in [0.1, 0.15) is 5.76 Å². The third-order valence-corrected chi connectivity index (χ3v) is 5.08. The van der Waals surface area contributed by atoms with E-state index < -0.39 is 0 Å². The van der Waals surface area contributed by atoms with E-state index in [2.05, 4.69) is 15.5 Å². The van der Waals surface area contributed by atoms with Gasteiger partial charge in [0.15, 0.2) is 0 Å². The molecule has 23 heavy (non-hydrogen) atoms. The number of rotatable bonds is 7. The number of nitrogens with zero attached hydrogens (tertiary/aromatic N) is 1. The SMILES string of the molecule is O=C(NCC(c1ccco1)N1CCCCC1)NCC1(CO)CC1. The van der Waals surface area contributed by atoms with Gasteiger partial charge in [0.05, 0.1) is 18.9 Å². The summed E-state index contributed by atoms with van der Waals surface area (Å²) in [5.74, 6) is 0.904. The lowest BCUT2D eigenvalue weighted by molar-refractivity contribution is 0.143. The molecule has 1 saturated heterocycles. The number of carbonyl (C=O) groups excluding carboxylic acids is 1. The van der Waals surface area contributed by atoms with Crippen LogP contribution in [0, 0.1) is 5.41 Å². The summed E-state index contributed by atoms with van der Waals surface area (Å²) in [7, 11) is 0. The molecule has 1 aromatic rings. The molecule has 1 saturated carbocycles. The molecule has 1 aliphatic heterocycles. The molecule has 0 bridgehead atoms. The van der Waals surface area contributed by atoms with E-state index in [4.69, 9.17) is 4.42 Å². The molecule has 2 aliphatic rings. The van der Waals surface area contributed by atoms with Gasteiger partial charge >= 0.3 is 6.03 Å². The fourth-order valence-electron chi connectivity index (χ4n) is 3.21. The molecule has 0 radical (unpaired) electrons. The van der Waals surface area contributed by atoms with Crippen molar-refractivity contribution in [3.05, 3.63) is 24.2 Å². The first-order valence-corrected chi connectivity index (χ1v) is 8.62. The van der Waals surface area contributed by atoms with Gasteiger partial charge in [0.25, 0.3) is 0 Å². The van der Waals surface area contributed by atoms with Gasteiger partial charge in [-0.2, -0.15) is 0 Å². The van der Waals surface area contributed by atoms with Crippen LogP contribution in [0.5, 0.6) is 0 Å². The summed E-state index contributed by atoms with van der Waals surface area (Å²) in [6.45, 7) is 3.32. The van der Waals surface area contributed by atoms with E-state index in [-0.39, 0.29) is 24.1 Å². The quantitative estimate of drug-likeness (QED) is 0.716. The fourth-order valence-corrected chi connectivity index (χ4v) is 3.21. The second-order valence-electron chi connectivity index (χ2n) is 6.85. The third kappa shape index (κ3) is 4.26. The fraction of sp³-hybridized carbons (Fsp3) is 0.706. The number of piperidine rings is 1. The Labute approximate surface area is 137 Å². The van der Waals surface area contributed by atoms with Gasteiger partial charge in [-0.1, -0.05) is 6.42 Å². The first kappa shape index (κ1) is 16.3. The maximum atomic E-state index is 12.0. The zero-order valence-electron chi connectivity index (χ0n) is 13.6. The summed E-state index contributed by atoms with van der Waals surface area (Å²) in [6, 6.07) is 3.79. The number of carbonyl (C=O) groups is 1. The van der Waals surface area contributed by atoms with E-state index in [9.17, 15) is 9.90 Å². The standard InChI is InChI=1S/C17H27N3O3/c21-13-17(6-7-17)12-19-16(22)18-11-14(15-5-4-10-23-15)20-8-2-1-3-9-20/h4-5,10,14,21H,1-3,6-9,11-13H2,(H2,18,19,22). The van der Waals surface area contributed by atoms with Gasteiger partial charge in [-0.3, -0.25) is 4.90 Å². The van der Waals surface area contributed by atoms with Crippen molar-refractivity contribution in [1.82, 2.24) is 15.5 Å². The molecule has 2 amide bonds. The summed E-state index contributed by atoms with van der Waals surface area (Å²) in [5, 5.41) is 15.1. The Hall–Kier alpha value is -1.53. The third-order valence-electron chi connectivity index (χ3n) is 5.08. The molecule has 1 aromatic heterocycles. The number of amides is 2. The maximum absolute atomic E-state index is 12.0. The van der Waals surface area contributed by atoms with Crippen LogP contribution < -0.4 is 10.6 Å². The number of hydrogen-bond acceptors (Lipinski definition) is 4. The first-order valence-electron chi connectivity index (χ1n) is 8.62. The Kier molecular flexibility index (Phi) is 5.23. The molecule has 2 heterocycles. The van der Waals surface area contributed by atoms with Crippen molar-refractivity contribution in [1.29, 1.82) is 0 Å². The van der Waals surface area contributed by atoms with E-state index in [1.165, 1.54) is 19.3 Å². The molecule has 6 nitrogen and oxygen atoms in total. The minimum atomic E-state index is -0.168. The lowest BCUT2D eigenvalue weighted by Gasteiger charge is -2.33. The smallest absolute Gasteiger partial charge is 0.314 e. The van der Waals surface area contributed by atoms with Gasteiger partial charge in [-0.25, -0.2) is 4.79 Å². The highest BCUT2D eigenvalue weighted by Gasteiger charge is 2.42. The van der Waals surface area contributed by atoms with Crippen molar-refractivity contribution in [2.75, 3.05) is 32.8 Å². The summed E-state index contributed by atoms with van der Waals surface area (Å²) in [4.78, 5) is 14.4. The highest BCUT2D eigenvalue weighted by atomic mass is 16.3. The monoisotopic (exact) mass is 321 g/mol. The number of aliphatic hydroxyl groups is 1. The predicted molar refractivity (Wildman–Crippen MR) is 87.0 cm³/mol. The van der Waals surface area contributed by atoms with Crippen molar-refractivity contribution in [2.45, 2.75) is 38.1 Å². The largest absolute Gasteiger partial charge is 0.468 e. The van der Waals surface area contributed by atoms with E-state index >= 15 is 0 Å². The Morgan fingerprint density at radius 1 is 1.30 bits per heavy atom. The topological polar surface area (TPSA) is 77.7 Å². The molecule has 6 heteroatoms. The minimum Gasteiger partial charge on any atom is -0.468 e. The van der Waals surface area contributed by atoms with Crippen molar-refractivity contribution in [3.63, 3.8) is 0 Å². The van der Waals surface area contributed by atoms with Gasteiger partial charge in [0.2, 0.25) is 0 Å². The Balaban J connectivity index is 1.50. The van der Waals surface area contributed by atoms with Crippen molar-refractivity contribution < 1.29 is 14.3 Å². The number of furan rings is 1. The lowest BCUT2D eigenvalue weighted by Crippen LogP contribution is -2.45. The van der Waals surface area contributed by atoms with Crippen LogP contribution in [0.3, 0.4) is 0 Å². The Morgan fingerprint density at radius 3 is 2.70 bits per heavy atom. The van der Waals surface area contributed by atoms with Gasteiger partial charge in [-0.15, -0.1) is 0 Å². The zero-order chi connectivity index (χ0) is 16.1. The predicted octanol–water partition coefficient (Wildman–Crippen LogP) is 1.88. The van der Waals surface area contributed by atoms with Gasteiger partial charge in [0, 0.05) is 18.5 Å². The highest BCUT2D eigenvalue weighted by molar-refractivity contribution is 5.74. The molecule has 2 fully saturated rings. The number of hydrogen-bond donors (Lipinski definition) is 3. The van der Waals surface area contributed by atoms with Crippen LogP contribution >= 0.6 is 0 Å². The molecular formula is C17H27N3O3. The van der Waals surface area contributed by atoms with Crippen LogP contribution in [0.4, 0.5) is 4.79 Å². The molecule has 128 valence electrons. The summed E-state index contributed by atoms with van der Waals surface area (Å²) >= 11 is 0. The minimum absolute atomic E-state index is 0.0649. The highest BCUT2D eigenvalue weighted by Crippen LogP contribution is 2.44. The summed E-state index contributed by atoms with van der Waals surface area (Å²) < 4.78 is 5.58. The maximum Gasteiger partial charge on any atom is 0.314 e. The van der Waals surface area contributed by atoms with Crippen molar-refractivity contribution >= 4 is 6.03 Å². The average Bonchev–Trinajstić information content (AvgIpc) is 3.18. The van der Waals surface area contributed by atoms with Gasteiger partial charge in [-0.05, 0) is 50.9 Å². The molecule has 0 spiro atoms. The Bertz CT molecular complexity index is 493. The zero-order valence-corrected chi connectivity index (χ0v) is 13.6. The summed E-state index contributed by atoms with van der Waals surface area (Å²) in [5.41, 5.74) is -0.0649. The molecule has 1 aliphatic carbocycles. The van der Waals surface area contributed by atoms with Crippen LogP contribution in [-0.4, -0.2) is 48.8 Å². The number of likely N-dealkylation sites (tertiary alicyclic amines) is 1. The normalized spacial score (nSPS) is 21.6. The molecule has 0 aromatic carbocycles. The number of urea groups is 1. The van der Waals surface area contributed by atoms with Crippen molar-refractivity contribution in [3.8, 4) is 0 Å². The van der Waals surface area contributed by atoms with E-state index in [1.807, 2.05) is 12.1 Å². The van der Waals surface area contributed by atoms with Crippen LogP contribution in [0.25, 0.3) is 0 Å². The lowest BCUT2D eigenvalue weighted by atomic mass is 10.1. The van der Waals surface area contributed by atoms with Crippen LogP contribution in [0.2, 0.25) is 0 Å². The molecule has 3 N–H and O–H groups in total. The molecule has 3 rings (SSSR count). The van der Waals surface area contributed by atoms with Crippen LogP contribution in [0.15, 0.2) is 22.8 Å². The van der Waals surface area contributed by atoms with Gasteiger partial charge < -0.3 is 20.2 Å².